The molecule has 0 spiro atoms. The standard InChI is InChI=1S/C25H22BrN5O2S/c1-2-33-22-11-7-6-10-19(22)16-27-28-23(32)17-34-25-30-29-24(18-8-4-3-5-9-18)31(25)21-14-12-20(26)13-15-21/h3-16H,2,17H2,1H3,(H,28,32). The van der Waals surface area contributed by atoms with Crippen LogP contribution < -0.4 is 10.2 Å². The number of carbonyl (C=O) groups excluding carboxylic acids is 1. The Morgan fingerprint density at radius 3 is 2.56 bits per heavy atom. The van der Waals surface area contributed by atoms with Gasteiger partial charge in [0.2, 0.25) is 0 Å². The average Bonchev–Trinajstić information content (AvgIpc) is 3.29. The molecule has 34 heavy (non-hydrogen) atoms. The molecular formula is C25H22BrN5O2S. The number of halogens is 1. The largest absolute Gasteiger partial charge is 0.493 e. The number of hydrazone groups is 1. The second-order valence-electron chi connectivity index (χ2n) is 7.04. The number of para-hydroxylation sites is 1. The molecule has 0 aliphatic carbocycles. The maximum Gasteiger partial charge on any atom is 0.250 e. The predicted octanol–water partition coefficient (Wildman–Crippen LogP) is 5.34. The molecule has 0 bridgehead atoms. The smallest absolute Gasteiger partial charge is 0.250 e. The van der Waals surface area contributed by atoms with Crippen LogP contribution in [0.15, 0.2) is 93.6 Å². The predicted molar refractivity (Wildman–Crippen MR) is 139 cm³/mol. The molecular weight excluding hydrogens is 514 g/mol. The van der Waals surface area contributed by atoms with Crippen molar-refractivity contribution in [2.75, 3.05) is 12.4 Å². The lowest BCUT2D eigenvalue weighted by atomic mass is 10.2. The number of benzene rings is 3. The fraction of sp³-hybridized carbons (Fsp3) is 0.120. The van der Waals surface area contributed by atoms with Gasteiger partial charge < -0.3 is 4.74 Å². The van der Waals surface area contributed by atoms with E-state index in [0.717, 1.165) is 21.3 Å². The number of nitrogens with zero attached hydrogens (tertiary/aromatic N) is 4. The summed E-state index contributed by atoms with van der Waals surface area (Å²) < 4.78 is 8.49. The van der Waals surface area contributed by atoms with Gasteiger partial charge in [0.1, 0.15) is 5.75 Å². The zero-order valence-electron chi connectivity index (χ0n) is 18.4. The van der Waals surface area contributed by atoms with Crippen molar-refractivity contribution in [1.82, 2.24) is 20.2 Å². The number of aromatic nitrogens is 3. The van der Waals surface area contributed by atoms with Gasteiger partial charge in [0.05, 0.1) is 18.6 Å². The fourth-order valence-corrected chi connectivity index (χ4v) is 4.18. The summed E-state index contributed by atoms with van der Waals surface area (Å²) in [6, 6.07) is 25.2. The number of ether oxygens (including phenoxy) is 1. The number of carbonyl (C=O) groups is 1. The molecule has 1 heterocycles. The molecule has 0 radical (unpaired) electrons. The molecule has 4 rings (SSSR count). The van der Waals surface area contributed by atoms with Crippen molar-refractivity contribution in [3.05, 3.63) is 88.9 Å². The van der Waals surface area contributed by atoms with E-state index in [1.807, 2.05) is 90.4 Å². The normalized spacial score (nSPS) is 11.0. The van der Waals surface area contributed by atoms with Gasteiger partial charge in [-0.15, -0.1) is 10.2 Å². The average molecular weight is 536 g/mol. The minimum Gasteiger partial charge on any atom is -0.493 e. The first-order valence-corrected chi connectivity index (χ1v) is 12.4. The summed E-state index contributed by atoms with van der Waals surface area (Å²) in [7, 11) is 0. The first-order chi connectivity index (χ1) is 16.7. The lowest BCUT2D eigenvalue weighted by Gasteiger charge is -2.10. The summed E-state index contributed by atoms with van der Waals surface area (Å²) in [5.74, 6) is 1.31. The number of nitrogens with one attached hydrogen (secondary N) is 1. The Hall–Kier alpha value is -3.43. The highest BCUT2D eigenvalue weighted by atomic mass is 79.9. The zero-order valence-corrected chi connectivity index (χ0v) is 20.8. The monoisotopic (exact) mass is 535 g/mol. The summed E-state index contributed by atoms with van der Waals surface area (Å²) in [5, 5.41) is 13.4. The van der Waals surface area contributed by atoms with E-state index in [0.29, 0.717) is 23.3 Å². The van der Waals surface area contributed by atoms with Crippen molar-refractivity contribution in [2.24, 2.45) is 5.10 Å². The first kappa shape index (κ1) is 23.7. The Balaban J connectivity index is 1.48. The first-order valence-electron chi connectivity index (χ1n) is 10.6. The minimum absolute atomic E-state index is 0.133. The maximum atomic E-state index is 12.4. The Morgan fingerprint density at radius 2 is 1.79 bits per heavy atom. The highest BCUT2D eigenvalue weighted by Crippen LogP contribution is 2.28. The van der Waals surface area contributed by atoms with Gasteiger partial charge in [0.25, 0.3) is 5.91 Å². The van der Waals surface area contributed by atoms with Gasteiger partial charge in [-0.25, -0.2) is 5.43 Å². The molecule has 0 aliphatic rings. The number of hydrogen-bond donors (Lipinski definition) is 1. The lowest BCUT2D eigenvalue weighted by molar-refractivity contribution is -0.118. The van der Waals surface area contributed by atoms with Crippen LogP contribution in [0.2, 0.25) is 0 Å². The van der Waals surface area contributed by atoms with Crippen molar-refractivity contribution < 1.29 is 9.53 Å². The van der Waals surface area contributed by atoms with E-state index in [9.17, 15) is 4.79 Å². The maximum absolute atomic E-state index is 12.4. The molecule has 172 valence electrons. The molecule has 0 saturated heterocycles. The molecule has 1 amide bonds. The number of hydrogen-bond acceptors (Lipinski definition) is 6. The second kappa shape index (κ2) is 11.6. The minimum atomic E-state index is -0.248. The molecule has 3 aromatic carbocycles. The van der Waals surface area contributed by atoms with Gasteiger partial charge in [-0.2, -0.15) is 5.10 Å². The lowest BCUT2D eigenvalue weighted by Crippen LogP contribution is -2.20. The van der Waals surface area contributed by atoms with Crippen LogP contribution in [-0.4, -0.2) is 39.2 Å². The van der Waals surface area contributed by atoms with Gasteiger partial charge in [0.15, 0.2) is 11.0 Å². The SMILES string of the molecule is CCOc1ccccc1C=NNC(=O)CSc1nnc(-c2ccccc2)n1-c1ccc(Br)cc1. The van der Waals surface area contributed by atoms with E-state index >= 15 is 0 Å². The van der Waals surface area contributed by atoms with E-state index in [-0.39, 0.29) is 11.7 Å². The van der Waals surface area contributed by atoms with Crippen LogP contribution in [0.4, 0.5) is 0 Å². The van der Waals surface area contributed by atoms with Crippen LogP contribution in [0.25, 0.3) is 17.1 Å². The van der Waals surface area contributed by atoms with Crippen molar-refractivity contribution in [1.29, 1.82) is 0 Å². The van der Waals surface area contributed by atoms with Crippen LogP contribution in [-0.2, 0) is 4.79 Å². The number of rotatable bonds is 9. The van der Waals surface area contributed by atoms with Gasteiger partial charge in [-0.05, 0) is 43.3 Å². The van der Waals surface area contributed by atoms with Crippen LogP contribution in [0.1, 0.15) is 12.5 Å². The highest BCUT2D eigenvalue weighted by Gasteiger charge is 2.17. The Kier molecular flexibility index (Phi) is 8.11. The molecule has 0 aliphatic heterocycles. The van der Waals surface area contributed by atoms with Crippen LogP contribution in [0.3, 0.4) is 0 Å². The van der Waals surface area contributed by atoms with Crippen LogP contribution in [0.5, 0.6) is 5.75 Å². The van der Waals surface area contributed by atoms with Gasteiger partial charge >= 0.3 is 0 Å². The Morgan fingerprint density at radius 1 is 1.06 bits per heavy atom. The third kappa shape index (κ3) is 5.92. The summed E-state index contributed by atoms with van der Waals surface area (Å²) in [6.45, 7) is 2.47. The Bertz CT molecular complexity index is 1280. The van der Waals surface area contributed by atoms with E-state index < -0.39 is 0 Å². The summed E-state index contributed by atoms with van der Waals surface area (Å²) in [4.78, 5) is 12.4. The van der Waals surface area contributed by atoms with E-state index in [2.05, 4.69) is 36.7 Å². The van der Waals surface area contributed by atoms with Gasteiger partial charge in [0, 0.05) is 21.3 Å². The molecule has 9 heteroatoms. The third-order valence-electron chi connectivity index (χ3n) is 4.69. The van der Waals surface area contributed by atoms with Gasteiger partial charge in [-0.1, -0.05) is 70.2 Å². The molecule has 0 atom stereocenters. The van der Waals surface area contributed by atoms with E-state index in [1.165, 1.54) is 11.8 Å². The molecule has 7 nitrogen and oxygen atoms in total. The van der Waals surface area contributed by atoms with Crippen LogP contribution >= 0.6 is 27.7 Å². The third-order valence-corrected chi connectivity index (χ3v) is 6.15. The van der Waals surface area contributed by atoms with E-state index in [1.54, 1.807) is 6.21 Å². The number of thioether (sulfide) groups is 1. The fourth-order valence-electron chi connectivity index (χ4n) is 3.17. The quantitative estimate of drug-likeness (QED) is 0.178. The summed E-state index contributed by atoms with van der Waals surface area (Å²) in [6.07, 6.45) is 1.57. The number of amides is 1. The van der Waals surface area contributed by atoms with Crippen molar-refractivity contribution >= 4 is 39.8 Å². The van der Waals surface area contributed by atoms with Crippen LogP contribution in [0, 0.1) is 0 Å². The molecule has 1 N–H and O–H groups in total. The van der Waals surface area contributed by atoms with Crippen molar-refractivity contribution in [3.63, 3.8) is 0 Å². The summed E-state index contributed by atoms with van der Waals surface area (Å²) in [5.41, 5.74) is 5.20. The van der Waals surface area contributed by atoms with Crippen molar-refractivity contribution in [2.45, 2.75) is 12.1 Å². The molecule has 0 unspecified atom stereocenters. The van der Waals surface area contributed by atoms with Crippen molar-refractivity contribution in [3.8, 4) is 22.8 Å². The molecule has 0 fully saturated rings. The molecule has 0 saturated carbocycles. The topological polar surface area (TPSA) is 81.4 Å². The molecule has 4 aromatic rings. The summed E-state index contributed by atoms with van der Waals surface area (Å²) >= 11 is 4.77. The second-order valence-corrected chi connectivity index (χ2v) is 8.89. The highest BCUT2D eigenvalue weighted by molar-refractivity contribution is 9.10. The Labute approximate surface area is 210 Å². The van der Waals surface area contributed by atoms with E-state index in [4.69, 9.17) is 4.74 Å². The zero-order chi connectivity index (χ0) is 23.8. The molecule has 1 aromatic heterocycles. The van der Waals surface area contributed by atoms with Gasteiger partial charge in [-0.3, -0.25) is 9.36 Å².